The molecular weight excluding hydrogens is 258 g/mol. The maximum atomic E-state index is 9.23. The third-order valence-electron chi connectivity index (χ3n) is 3.36. The van der Waals surface area contributed by atoms with Crippen molar-refractivity contribution in [2.24, 2.45) is 5.92 Å². The molecule has 1 aliphatic rings. The molecule has 0 unspecified atom stereocenters. The number of pyridine rings is 1. The third kappa shape index (κ3) is 3.13. The van der Waals surface area contributed by atoms with Crippen molar-refractivity contribution in [3.8, 4) is 11.9 Å². The van der Waals surface area contributed by atoms with E-state index in [1.807, 2.05) is 17.8 Å². The minimum absolute atomic E-state index is 0.563. The molecule has 1 atom stereocenters. The van der Waals surface area contributed by atoms with Gasteiger partial charge in [0.1, 0.15) is 6.07 Å². The summed E-state index contributed by atoms with van der Waals surface area (Å²) in [5.74, 6) is 2.30. The summed E-state index contributed by atoms with van der Waals surface area (Å²) in [7, 11) is 1.60. The summed E-state index contributed by atoms with van der Waals surface area (Å²) < 4.78 is 5.17. The Balaban J connectivity index is 2.27. The van der Waals surface area contributed by atoms with Gasteiger partial charge in [-0.3, -0.25) is 0 Å². The molecule has 4 nitrogen and oxygen atoms in total. The van der Waals surface area contributed by atoms with E-state index in [1.54, 1.807) is 13.3 Å². The molecule has 0 aliphatic carbocycles. The van der Waals surface area contributed by atoms with Crippen LogP contribution in [0.1, 0.15) is 19.4 Å². The number of hydrogen-bond donors (Lipinski definition) is 0. The Bertz CT molecular complexity index is 484. The van der Waals surface area contributed by atoms with Crippen LogP contribution in [-0.4, -0.2) is 36.2 Å². The molecule has 19 heavy (non-hydrogen) atoms. The van der Waals surface area contributed by atoms with Gasteiger partial charge in [0.25, 0.3) is 0 Å². The summed E-state index contributed by atoms with van der Waals surface area (Å²) in [5.41, 5.74) is 1.57. The second-order valence-corrected chi connectivity index (χ2v) is 6.30. The summed E-state index contributed by atoms with van der Waals surface area (Å²) in [6, 6.07) is 4.09. The molecule has 1 aliphatic heterocycles. The van der Waals surface area contributed by atoms with Crippen LogP contribution in [0.2, 0.25) is 0 Å². The summed E-state index contributed by atoms with van der Waals surface area (Å²) in [6.07, 6.45) is 1.60. The first-order chi connectivity index (χ1) is 9.15. The Hall–Kier alpha value is -1.41. The average molecular weight is 277 g/mol. The van der Waals surface area contributed by atoms with Crippen LogP contribution in [0, 0.1) is 17.2 Å². The van der Waals surface area contributed by atoms with E-state index < -0.39 is 0 Å². The van der Waals surface area contributed by atoms with Crippen molar-refractivity contribution >= 4 is 17.4 Å². The van der Waals surface area contributed by atoms with Crippen LogP contribution in [0.15, 0.2) is 12.3 Å². The number of nitriles is 1. The Morgan fingerprint density at radius 2 is 2.37 bits per heavy atom. The second kappa shape index (κ2) is 6.16. The van der Waals surface area contributed by atoms with Gasteiger partial charge >= 0.3 is 0 Å². The smallest absolute Gasteiger partial charge is 0.215 e. The van der Waals surface area contributed by atoms with Crippen molar-refractivity contribution in [1.29, 1.82) is 5.26 Å². The van der Waals surface area contributed by atoms with Gasteiger partial charge in [0.2, 0.25) is 5.88 Å². The number of aromatic nitrogens is 1. The number of rotatable bonds is 3. The van der Waals surface area contributed by atoms with Crippen LogP contribution in [0.4, 0.5) is 5.69 Å². The van der Waals surface area contributed by atoms with E-state index in [0.29, 0.717) is 22.6 Å². The molecule has 2 rings (SSSR count). The number of hydrogen-bond acceptors (Lipinski definition) is 5. The van der Waals surface area contributed by atoms with Crippen molar-refractivity contribution in [1.82, 2.24) is 4.98 Å². The number of methoxy groups -OCH3 is 1. The van der Waals surface area contributed by atoms with Gasteiger partial charge in [0.15, 0.2) is 0 Å². The molecule has 0 spiro atoms. The Labute approximate surface area is 118 Å². The fraction of sp³-hybridized carbons (Fsp3) is 0.571. The van der Waals surface area contributed by atoms with E-state index in [0.717, 1.165) is 24.5 Å². The predicted octanol–water partition coefficient (Wildman–Crippen LogP) is 2.54. The van der Waals surface area contributed by atoms with E-state index in [2.05, 4.69) is 29.8 Å². The van der Waals surface area contributed by atoms with Gasteiger partial charge < -0.3 is 9.64 Å². The maximum Gasteiger partial charge on any atom is 0.215 e. The molecule has 0 N–H and O–H groups in total. The standard InChI is InChI=1S/C14H19N3OS/c1-10(2)13-9-17(4-5-19-13)12-6-14(18-3)16-8-11(12)7-15/h6,8,10,13H,4-5,9H2,1-3H3/t13-/m0/s1. The highest BCUT2D eigenvalue weighted by atomic mass is 32.2. The summed E-state index contributed by atoms with van der Waals surface area (Å²) in [6.45, 7) is 6.44. The Morgan fingerprint density at radius 3 is 3.00 bits per heavy atom. The van der Waals surface area contributed by atoms with Crippen LogP contribution < -0.4 is 9.64 Å². The van der Waals surface area contributed by atoms with E-state index >= 15 is 0 Å². The summed E-state index contributed by atoms with van der Waals surface area (Å²) in [5, 5.41) is 9.84. The molecule has 0 bridgehead atoms. The molecule has 1 aromatic rings. The van der Waals surface area contributed by atoms with Gasteiger partial charge in [-0.2, -0.15) is 17.0 Å². The van der Waals surface area contributed by atoms with E-state index in [-0.39, 0.29) is 0 Å². The summed E-state index contributed by atoms with van der Waals surface area (Å²) in [4.78, 5) is 6.38. The summed E-state index contributed by atoms with van der Waals surface area (Å²) >= 11 is 2.02. The third-order valence-corrected chi connectivity index (χ3v) is 4.90. The van der Waals surface area contributed by atoms with E-state index in [4.69, 9.17) is 4.74 Å². The van der Waals surface area contributed by atoms with Crippen LogP contribution >= 0.6 is 11.8 Å². The lowest BCUT2D eigenvalue weighted by Crippen LogP contribution is -2.40. The first-order valence-corrected chi connectivity index (χ1v) is 7.51. The minimum atomic E-state index is 0.563. The molecule has 1 fully saturated rings. The molecular formula is C14H19N3OS. The first kappa shape index (κ1) is 14.0. The quantitative estimate of drug-likeness (QED) is 0.849. The number of ether oxygens (including phenoxy) is 1. The molecule has 1 saturated heterocycles. The highest BCUT2D eigenvalue weighted by molar-refractivity contribution is 8.00. The number of thioether (sulfide) groups is 1. The molecule has 0 radical (unpaired) electrons. The first-order valence-electron chi connectivity index (χ1n) is 6.46. The second-order valence-electron chi connectivity index (χ2n) is 4.95. The van der Waals surface area contributed by atoms with Gasteiger partial charge in [0.05, 0.1) is 24.6 Å². The van der Waals surface area contributed by atoms with Crippen molar-refractivity contribution in [3.05, 3.63) is 17.8 Å². The molecule has 0 saturated carbocycles. The normalized spacial score (nSPS) is 19.3. The van der Waals surface area contributed by atoms with Crippen molar-refractivity contribution in [3.63, 3.8) is 0 Å². The predicted molar refractivity (Wildman–Crippen MR) is 78.8 cm³/mol. The Kier molecular flexibility index (Phi) is 4.54. The van der Waals surface area contributed by atoms with Crippen LogP contribution in [0.5, 0.6) is 5.88 Å². The number of nitrogens with zero attached hydrogens (tertiary/aromatic N) is 3. The van der Waals surface area contributed by atoms with Gasteiger partial charge in [0, 0.05) is 30.2 Å². The zero-order valence-electron chi connectivity index (χ0n) is 11.6. The van der Waals surface area contributed by atoms with Crippen LogP contribution in [-0.2, 0) is 0 Å². The highest BCUT2D eigenvalue weighted by Gasteiger charge is 2.25. The Morgan fingerprint density at radius 1 is 1.58 bits per heavy atom. The lowest BCUT2D eigenvalue weighted by Gasteiger charge is -2.36. The van der Waals surface area contributed by atoms with E-state index in [1.165, 1.54) is 0 Å². The van der Waals surface area contributed by atoms with Crippen molar-refractivity contribution in [2.75, 3.05) is 30.9 Å². The van der Waals surface area contributed by atoms with E-state index in [9.17, 15) is 5.26 Å². The lowest BCUT2D eigenvalue weighted by molar-refractivity contribution is 0.397. The maximum absolute atomic E-state index is 9.23. The fourth-order valence-corrected chi connectivity index (χ4v) is 3.48. The molecule has 1 aromatic heterocycles. The van der Waals surface area contributed by atoms with Gasteiger partial charge in [-0.25, -0.2) is 4.98 Å². The van der Waals surface area contributed by atoms with Crippen molar-refractivity contribution in [2.45, 2.75) is 19.1 Å². The zero-order valence-corrected chi connectivity index (χ0v) is 12.4. The molecule has 0 aromatic carbocycles. The average Bonchev–Trinajstić information content (AvgIpc) is 2.46. The van der Waals surface area contributed by atoms with Gasteiger partial charge in [-0.1, -0.05) is 13.8 Å². The molecule has 102 valence electrons. The minimum Gasteiger partial charge on any atom is -0.481 e. The van der Waals surface area contributed by atoms with Crippen LogP contribution in [0.25, 0.3) is 0 Å². The SMILES string of the molecule is COc1cc(N2CCS[C@H](C(C)C)C2)c(C#N)cn1. The van der Waals surface area contributed by atoms with Gasteiger partial charge in [-0.15, -0.1) is 0 Å². The largest absolute Gasteiger partial charge is 0.481 e. The number of anilines is 1. The lowest BCUT2D eigenvalue weighted by atomic mass is 10.1. The highest BCUT2D eigenvalue weighted by Crippen LogP contribution is 2.31. The fourth-order valence-electron chi connectivity index (χ4n) is 2.18. The topological polar surface area (TPSA) is 49.1 Å². The molecule has 5 heteroatoms. The van der Waals surface area contributed by atoms with Crippen LogP contribution in [0.3, 0.4) is 0 Å². The van der Waals surface area contributed by atoms with Crippen molar-refractivity contribution < 1.29 is 4.74 Å². The van der Waals surface area contributed by atoms with Gasteiger partial charge in [-0.05, 0) is 5.92 Å². The zero-order chi connectivity index (χ0) is 13.8. The molecule has 0 amide bonds. The molecule has 2 heterocycles. The monoisotopic (exact) mass is 277 g/mol.